The summed E-state index contributed by atoms with van der Waals surface area (Å²) in [6, 6.07) is 5.72. The van der Waals surface area contributed by atoms with Gasteiger partial charge in [-0.3, -0.25) is 9.78 Å². The smallest absolute Gasteiger partial charge is 0.255 e. The van der Waals surface area contributed by atoms with Crippen molar-refractivity contribution >= 4 is 0 Å². The van der Waals surface area contributed by atoms with E-state index >= 15 is 0 Å². The number of nitrogens with zero attached hydrogens (tertiary/aromatic N) is 2. The van der Waals surface area contributed by atoms with Crippen LogP contribution < -0.4 is 10.9 Å². The van der Waals surface area contributed by atoms with E-state index in [1.807, 2.05) is 18.2 Å². The summed E-state index contributed by atoms with van der Waals surface area (Å²) in [5.74, 6) is 0.677. The molecule has 0 fully saturated rings. The Balaban J connectivity index is 1.95. The third-order valence-electron chi connectivity index (χ3n) is 2.82. The second-order valence-electron chi connectivity index (χ2n) is 4.04. The molecule has 2 N–H and O–H groups in total. The minimum atomic E-state index is -0.0362. The van der Waals surface area contributed by atoms with Gasteiger partial charge in [0.2, 0.25) is 0 Å². The van der Waals surface area contributed by atoms with E-state index in [0.29, 0.717) is 25.3 Å². The zero-order valence-electron chi connectivity index (χ0n) is 9.23. The van der Waals surface area contributed by atoms with Crippen LogP contribution in [0.25, 0.3) is 0 Å². The molecule has 0 atom stereocenters. The van der Waals surface area contributed by atoms with Crippen molar-refractivity contribution in [2.24, 2.45) is 0 Å². The van der Waals surface area contributed by atoms with Crippen molar-refractivity contribution in [2.75, 3.05) is 0 Å². The van der Waals surface area contributed by atoms with Crippen LogP contribution >= 0.6 is 0 Å². The summed E-state index contributed by atoms with van der Waals surface area (Å²) in [5.41, 5.74) is 2.49. The quantitative estimate of drug-likeness (QED) is 0.778. The van der Waals surface area contributed by atoms with E-state index in [1.54, 1.807) is 6.20 Å². The lowest BCUT2D eigenvalue weighted by Crippen LogP contribution is -2.17. The molecule has 0 aliphatic carbocycles. The van der Waals surface area contributed by atoms with Crippen LogP contribution in [0.4, 0.5) is 0 Å². The van der Waals surface area contributed by atoms with Crippen LogP contribution in [0.5, 0.6) is 0 Å². The predicted octanol–water partition coefficient (Wildman–Crippen LogP) is 0.359. The summed E-state index contributed by atoms with van der Waals surface area (Å²) in [7, 11) is 0. The van der Waals surface area contributed by atoms with E-state index in [9.17, 15) is 4.79 Å². The second kappa shape index (κ2) is 4.10. The minimum Gasteiger partial charge on any atom is -0.310 e. The Morgan fingerprint density at radius 3 is 3.06 bits per heavy atom. The van der Waals surface area contributed by atoms with Crippen LogP contribution in [0.3, 0.4) is 0 Å². The number of fused-ring (bicyclic) bond motifs is 1. The summed E-state index contributed by atoms with van der Waals surface area (Å²) < 4.78 is 0. The van der Waals surface area contributed by atoms with E-state index < -0.39 is 0 Å². The number of pyridine rings is 1. The lowest BCUT2D eigenvalue weighted by atomic mass is 10.2. The number of hydrogen-bond donors (Lipinski definition) is 2. The fourth-order valence-corrected chi connectivity index (χ4v) is 1.99. The standard InChI is InChI=1S/C12H12N4O/c17-12-9-6-13-7-10(9)15-11(16-12)5-8-3-1-2-4-14-8/h1-4,13H,5-7H2,(H,15,16,17). The first-order valence-corrected chi connectivity index (χ1v) is 5.54. The molecule has 5 nitrogen and oxygen atoms in total. The van der Waals surface area contributed by atoms with Gasteiger partial charge in [0.15, 0.2) is 0 Å². The fraction of sp³-hybridized carbons (Fsp3) is 0.250. The molecule has 0 saturated heterocycles. The number of aromatic nitrogens is 3. The molecule has 0 aromatic carbocycles. The highest BCUT2D eigenvalue weighted by Gasteiger charge is 2.16. The minimum absolute atomic E-state index is 0.0362. The van der Waals surface area contributed by atoms with Crippen molar-refractivity contribution in [2.45, 2.75) is 19.5 Å². The predicted molar refractivity (Wildman–Crippen MR) is 62.4 cm³/mol. The fourth-order valence-electron chi connectivity index (χ4n) is 1.99. The van der Waals surface area contributed by atoms with Gasteiger partial charge in [-0.05, 0) is 12.1 Å². The summed E-state index contributed by atoms with van der Waals surface area (Å²) in [6.45, 7) is 1.29. The first-order chi connectivity index (χ1) is 8.33. The Morgan fingerprint density at radius 2 is 2.24 bits per heavy atom. The van der Waals surface area contributed by atoms with E-state index in [2.05, 4.69) is 20.3 Å². The first kappa shape index (κ1) is 10.2. The van der Waals surface area contributed by atoms with Gasteiger partial charge in [0, 0.05) is 31.4 Å². The van der Waals surface area contributed by atoms with E-state index in [0.717, 1.165) is 17.0 Å². The summed E-state index contributed by atoms with van der Waals surface area (Å²) in [4.78, 5) is 23.2. The molecule has 0 bridgehead atoms. The molecule has 0 unspecified atom stereocenters. The van der Waals surface area contributed by atoms with Gasteiger partial charge in [-0.2, -0.15) is 0 Å². The Labute approximate surface area is 97.9 Å². The van der Waals surface area contributed by atoms with E-state index in [1.165, 1.54) is 0 Å². The molecule has 1 aliphatic heterocycles. The molecule has 3 rings (SSSR count). The topological polar surface area (TPSA) is 70.7 Å². The van der Waals surface area contributed by atoms with Gasteiger partial charge in [-0.15, -0.1) is 0 Å². The molecule has 0 amide bonds. The maximum atomic E-state index is 11.8. The van der Waals surface area contributed by atoms with Crippen LogP contribution in [0, 0.1) is 0 Å². The Bertz CT molecular complexity index is 591. The normalized spacial score (nSPS) is 13.6. The van der Waals surface area contributed by atoms with Gasteiger partial charge in [-0.25, -0.2) is 4.98 Å². The van der Waals surface area contributed by atoms with E-state index in [-0.39, 0.29) is 5.56 Å². The van der Waals surface area contributed by atoms with Gasteiger partial charge in [-0.1, -0.05) is 6.07 Å². The molecule has 17 heavy (non-hydrogen) atoms. The van der Waals surface area contributed by atoms with Crippen LogP contribution in [-0.2, 0) is 19.5 Å². The second-order valence-corrected chi connectivity index (χ2v) is 4.04. The van der Waals surface area contributed by atoms with Gasteiger partial charge < -0.3 is 10.3 Å². The molecule has 0 spiro atoms. The lowest BCUT2D eigenvalue weighted by Gasteiger charge is -2.02. The number of hydrogen-bond acceptors (Lipinski definition) is 4. The van der Waals surface area contributed by atoms with Gasteiger partial charge >= 0.3 is 0 Å². The SMILES string of the molecule is O=c1[nH]c(Cc2ccccn2)nc2c1CNC2. The van der Waals surface area contributed by atoms with Gasteiger partial charge in [0.05, 0.1) is 11.3 Å². The Kier molecular flexibility index (Phi) is 2.45. The maximum absolute atomic E-state index is 11.8. The van der Waals surface area contributed by atoms with Crippen molar-refractivity contribution in [3.8, 4) is 0 Å². The third-order valence-corrected chi connectivity index (χ3v) is 2.82. The molecule has 2 aromatic heterocycles. The zero-order chi connectivity index (χ0) is 11.7. The third kappa shape index (κ3) is 1.97. The van der Waals surface area contributed by atoms with Gasteiger partial charge in [0.1, 0.15) is 5.82 Å². The largest absolute Gasteiger partial charge is 0.310 e. The Morgan fingerprint density at radius 1 is 1.29 bits per heavy atom. The van der Waals surface area contributed by atoms with Crippen LogP contribution in [0.1, 0.15) is 22.8 Å². The van der Waals surface area contributed by atoms with Crippen molar-refractivity contribution < 1.29 is 0 Å². The van der Waals surface area contributed by atoms with Crippen LogP contribution in [0.2, 0.25) is 0 Å². The average molecular weight is 228 g/mol. The average Bonchev–Trinajstić information content (AvgIpc) is 2.79. The summed E-state index contributed by atoms with van der Waals surface area (Å²) in [5, 5.41) is 3.12. The molecular formula is C12H12N4O. The first-order valence-electron chi connectivity index (χ1n) is 5.54. The van der Waals surface area contributed by atoms with Crippen molar-refractivity contribution in [1.82, 2.24) is 20.3 Å². The lowest BCUT2D eigenvalue weighted by molar-refractivity contribution is 0.755. The number of aromatic amines is 1. The van der Waals surface area contributed by atoms with Crippen molar-refractivity contribution in [3.63, 3.8) is 0 Å². The van der Waals surface area contributed by atoms with Crippen molar-refractivity contribution in [1.29, 1.82) is 0 Å². The highest BCUT2D eigenvalue weighted by molar-refractivity contribution is 5.22. The summed E-state index contributed by atoms with van der Waals surface area (Å²) >= 11 is 0. The molecular weight excluding hydrogens is 216 g/mol. The molecule has 1 aliphatic rings. The number of H-pyrrole nitrogens is 1. The monoisotopic (exact) mass is 228 g/mol. The summed E-state index contributed by atoms with van der Waals surface area (Å²) in [6.07, 6.45) is 2.30. The van der Waals surface area contributed by atoms with Crippen LogP contribution in [0.15, 0.2) is 29.2 Å². The van der Waals surface area contributed by atoms with Crippen molar-refractivity contribution in [3.05, 3.63) is 57.5 Å². The molecule has 86 valence electrons. The van der Waals surface area contributed by atoms with Crippen LogP contribution in [-0.4, -0.2) is 15.0 Å². The molecule has 5 heteroatoms. The van der Waals surface area contributed by atoms with Gasteiger partial charge in [0.25, 0.3) is 5.56 Å². The number of nitrogens with one attached hydrogen (secondary N) is 2. The molecule has 3 heterocycles. The number of rotatable bonds is 2. The highest BCUT2D eigenvalue weighted by atomic mass is 16.1. The molecule has 0 saturated carbocycles. The van der Waals surface area contributed by atoms with E-state index in [4.69, 9.17) is 0 Å². The highest BCUT2D eigenvalue weighted by Crippen LogP contribution is 2.09. The molecule has 0 radical (unpaired) electrons. The zero-order valence-corrected chi connectivity index (χ0v) is 9.23. The Hall–Kier alpha value is -2.01. The molecule has 2 aromatic rings. The maximum Gasteiger partial charge on any atom is 0.255 e.